The summed E-state index contributed by atoms with van der Waals surface area (Å²) in [6.45, 7) is 0. The van der Waals surface area contributed by atoms with Crippen molar-refractivity contribution in [3.63, 3.8) is 0 Å². The molecule has 16 heavy (non-hydrogen) atoms. The molecule has 7 heteroatoms. The fraction of sp³-hybridized carbons (Fsp3) is 0. The van der Waals surface area contributed by atoms with Crippen LogP contribution < -0.4 is 5.32 Å². The third kappa shape index (κ3) is 2.48. The van der Waals surface area contributed by atoms with E-state index in [1.165, 1.54) is 24.7 Å². The van der Waals surface area contributed by atoms with E-state index in [4.69, 9.17) is 11.6 Å². The Labute approximate surface area is 95.7 Å². The van der Waals surface area contributed by atoms with Crippen molar-refractivity contribution in [3.8, 4) is 0 Å². The summed E-state index contributed by atoms with van der Waals surface area (Å²) >= 11 is 5.56. The second-order valence-electron chi connectivity index (χ2n) is 2.79. The number of carbonyl (C=O) groups is 1. The van der Waals surface area contributed by atoms with Gasteiger partial charge in [-0.15, -0.1) is 10.2 Å². The minimum Gasteiger partial charge on any atom is -0.304 e. The predicted molar refractivity (Wildman–Crippen MR) is 57.0 cm³/mol. The monoisotopic (exact) mass is 235 g/mol. The van der Waals surface area contributed by atoms with Gasteiger partial charge in [-0.2, -0.15) is 0 Å². The Morgan fingerprint density at radius 1 is 1.25 bits per heavy atom. The van der Waals surface area contributed by atoms with Gasteiger partial charge in [0.05, 0.1) is 6.20 Å². The summed E-state index contributed by atoms with van der Waals surface area (Å²) in [4.78, 5) is 19.2. The number of halogens is 1. The molecule has 0 aliphatic rings. The third-order valence-corrected chi connectivity index (χ3v) is 1.87. The minimum absolute atomic E-state index is 0.208. The lowest BCUT2D eigenvalue weighted by Crippen LogP contribution is -2.14. The molecule has 0 bridgehead atoms. The van der Waals surface area contributed by atoms with Crippen LogP contribution in [0.15, 0.2) is 30.7 Å². The van der Waals surface area contributed by atoms with Crippen molar-refractivity contribution in [1.29, 1.82) is 0 Å². The average molecular weight is 236 g/mol. The smallest absolute Gasteiger partial charge is 0.277 e. The Bertz CT molecular complexity index is 487. The van der Waals surface area contributed by atoms with Crippen molar-refractivity contribution in [2.24, 2.45) is 0 Å². The molecule has 2 rings (SSSR count). The van der Waals surface area contributed by atoms with Gasteiger partial charge in [-0.05, 0) is 12.1 Å². The zero-order valence-electron chi connectivity index (χ0n) is 7.96. The molecule has 6 nitrogen and oxygen atoms in total. The standard InChI is InChI=1S/C9H6ClN5O/c10-7-1-2-8(15-14-7)13-9(16)6-5-11-3-4-12-6/h1-5H,(H,13,15,16). The number of amides is 1. The van der Waals surface area contributed by atoms with Crippen LogP contribution in [0.2, 0.25) is 5.15 Å². The van der Waals surface area contributed by atoms with Crippen molar-refractivity contribution in [2.75, 3.05) is 5.32 Å². The van der Waals surface area contributed by atoms with Gasteiger partial charge in [-0.1, -0.05) is 11.6 Å². The molecular weight excluding hydrogens is 230 g/mol. The van der Waals surface area contributed by atoms with Crippen LogP contribution in [0.3, 0.4) is 0 Å². The molecule has 1 amide bonds. The van der Waals surface area contributed by atoms with E-state index < -0.39 is 5.91 Å². The SMILES string of the molecule is O=C(Nc1ccc(Cl)nn1)c1cnccn1. The highest BCUT2D eigenvalue weighted by Gasteiger charge is 2.07. The van der Waals surface area contributed by atoms with Gasteiger partial charge in [0.15, 0.2) is 11.0 Å². The van der Waals surface area contributed by atoms with Crippen molar-refractivity contribution < 1.29 is 4.79 Å². The molecule has 0 saturated carbocycles. The van der Waals surface area contributed by atoms with Gasteiger partial charge in [0.2, 0.25) is 0 Å². The summed E-state index contributed by atoms with van der Waals surface area (Å²) < 4.78 is 0. The molecule has 2 heterocycles. The Kier molecular flexibility index (Phi) is 3.02. The lowest BCUT2D eigenvalue weighted by molar-refractivity contribution is 0.102. The van der Waals surface area contributed by atoms with Crippen molar-refractivity contribution in [2.45, 2.75) is 0 Å². The summed E-state index contributed by atoms with van der Waals surface area (Å²) in [5.41, 5.74) is 0.208. The summed E-state index contributed by atoms with van der Waals surface area (Å²) in [6, 6.07) is 3.07. The van der Waals surface area contributed by atoms with E-state index in [1.54, 1.807) is 6.07 Å². The van der Waals surface area contributed by atoms with Crippen molar-refractivity contribution >= 4 is 23.3 Å². The first-order chi connectivity index (χ1) is 7.75. The molecule has 0 unspecified atom stereocenters. The van der Waals surface area contributed by atoms with E-state index in [2.05, 4.69) is 25.5 Å². The number of hydrogen-bond acceptors (Lipinski definition) is 5. The molecule has 0 spiro atoms. The molecule has 2 aromatic heterocycles. The highest BCUT2D eigenvalue weighted by molar-refractivity contribution is 6.29. The zero-order chi connectivity index (χ0) is 11.4. The Morgan fingerprint density at radius 3 is 2.75 bits per heavy atom. The van der Waals surface area contributed by atoms with E-state index in [9.17, 15) is 4.79 Å². The molecule has 0 aliphatic carbocycles. The Hall–Kier alpha value is -2.08. The number of carbonyl (C=O) groups excluding carboxylic acids is 1. The van der Waals surface area contributed by atoms with E-state index >= 15 is 0 Å². The number of hydrogen-bond donors (Lipinski definition) is 1. The van der Waals surface area contributed by atoms with Crippen LogP contribution in [0, 0.1) is 0 Å². The maximum Gasteiger partial charge on any atom is 0.277 e. The second-order valence-corrected chi connectivity index (χ2v) is 3.17. The van der Waals surface area contributed by atoms with Crippen LogP contribution in [-0.4, -0.2) is 26.1 Å². The summed E-state index contributed by atoms with van der Waals surface area (Å²) in [7, 11) is 0. The fourth-order valence-corrected chi connectivity index (χ4v) is 1.08. The van der Waals surface area contributed by atoms with Gasteiger partial charge in [0.25, 0.3) is 5.91 Å². The highest BCUT2D eigenvalue weighted by Crippen LogP contribution is 2.06. The number of nitrogens with one attached hydrogen (secondary N) is 1. The zero-order valence-corrected chi connectivity index (χ0v) is 8.72. The molecule has 80 valence electrons. The molecule has 2 aromatic rings. The maximum absolute atomic E-state index is 11.6. The number of anilines is 1. The van der Waals surface area contributed by atoms with Gasteiger partial charge in [-0.25, -0.2) is 4.98 Å². The van der Waals surface area contributed by atoms with E-state index in [1.807, 2.05) is 0 Å². The maximum atomic E-state index is 11.6. The van der Waals surface area contributed by atoms with Gasteiger partial charge >= 0.3 is 0 Å². The first-order valence-electron chi connectivity index (χ1n) is 4.32. The molecule has 0 aromatic carbocycles. The quantitative estimate of drug-likeness (QED) is 0.845. The lowest BCUT2D eigenvalue weighted by atomic mass is 10.4. The number of rotatable bonds is 2. The summed E-state index contributed by atoms with van der Waals surface area (Å²) in [6.07, 6.45) is 4.28. The van der Waals surface area contributed by atoms with Crippen molar-refractivity contribution in [3.05, 3.63) is 41.6 Å². The normalized spacial score (nSPS) is 9.81. The van der Waals surface area contributed by atoms with Crippen molar-refractivity contribution in [1.82, 2.24) is 20.2 Å². The molecular formula is C9H6ClN5O. The second kappa shape index (κ2) is 4.63. The topological polar surface area (TPSA) is 80.7 Å². The molecule has 1 N–H and O–H groups in total. The predicted octanol–water partition coefficient (Wildman–Crippen LogP) is 1.17. The van der Waals surface area contributed by atoms with E-state index in [0.717, 1.165) is 0 Å². The lowest BCUT2D eigenvalue weighted by Gasteiger charge is -2.01. The highest BCUT2D eigenvalue weighted by atomic mass is 35.5. The summed E-state index contributed by atoms with van der Waals surface area (Å²) in [5.74, 6) is -0.0928. The largest absolute Gasteiger partial charge is 0.304 e. The molecule has 0 saturated heterocycles. The first kappa shape index (κ1) is 10.4. The van der Waals surface area contributed by atoms with Crippen LogP contribution in [0.25, 0.3) is 0 Å². The van der Waals surface area contributed by atoms with Gasteiger partial charge in [0, 0.05) is 12.4 Å². The summed E-state index contributed by atoms with van der Waals surface area (Å²) in [5, 5.41) is 10.0. The Balaban J connectivity index is 2.11. The van der Waals surface area contributed by atoms with Crippen LogP contribution in [0.5, 0.6) is 0 Å². The average Bonchev–Trinajstić information content (AvgIpc) is 2.33. The molecule has 0 radical (unpaired) electrons. The van der Waals surface area contributed by atoms with Crippen LogP contribution in [0.4, 0.5) is 5.82 Å². The first-order valence-corrected chi connectivity index (χ1v) is 4.70. The van der Waals surface area contributed by atoms with Crippen LogP contribution in [0.1, 0.15) is 10.5 Å². The number of aromatic nitrogens is 4. The molecule has 0 fully saturated rings. The minimum atomic E-state index is -0.398. The van der Waals surface area contributed by atoms with Crippen LogP contribution in [-0.2, 0) is 0 Å². The van der Waals surface area contributed by atoms with Gasteiger partial charge in [0.1, 0.15) is 5.69 Å². The fourth-order valence-electron chi connectivity index (χ4n) is 0.979. The van der Waals surface area contributed by atoms with E-state index in [0.29, 0.717) is 5.82 Å². The van der Waals surface area contributed by atoms with Crippen LogP contribution >= 0.6 is 11.6 Å². The van der Waals surface area contributed by atoms with E-state index in [-0.39, 0.29) is 10.8 Å². The van der Waals surface area contributed by atoms with Gasteiger partial charge < -0.3 is 5.32 Å². The third-order valence-electron chi connectivity index (χ3n) is 1.67. The van der Waals surface area contributed by atoms with Gasteiger partial charge in [-0.3, -0.25) is 9.78 Å². The molecule has 0 aliphatic heterocycles. The Morgan fingerprint density at radius 2 is 2.12 bits per heavy atom. The molecule has 0 atom stereocenters. The number of nitrogens with zero attached hydrogens (tertiary/aromatic N) is 4.